The molecule has 0 radical (unpaired) electrons. The number of hydrogen-bond donors (Lipinski definition) is 1. The van der Waals surface area contributed by atoms with Crippen molar-refractivity contribution in [1.29, 1.82) is 0 Å². The fourth-order valence-electron chi connectivity index (χ4n) is 3.71. The molecule has 3 rings (SSSR count). The second-order valence-electron chi connectivity index (χ2n) is 7.80. The Hall–Kier alpha value is -3.06. The van der Waals surface area contributed by atoms with E-state index in [2.05, 4.69) is 0 Å². The lowest BCUT2D eigenvalue weighted by Crippen LogP contribution is -2.40. The minimum Gasteiger partial charge on any atom is -0.493 e. The van der Waals surface area contributed by atoms with E-state index in [-0.39, 0.29) is 24.5 Å². The Labute approximate surface area is 183 Å². The minimum absolute atomic E-state index is 0.0486. The van der Waals surface area contributed by atoms with Crippen LogP contribution >= 0.6 is 0 Å². The standard InChI is InChI=1S/C24H30N2O5/c1-17(27)26-13-11-20(12-14-26)31-23-15-19(9-10-22(23)30-3)24(29)25(2)16-21(28)18-7-5-4-6-8-18/h4-10,15,20-21,28H,11-14,16H2,1-3H3/t21-/m1/s1. The van der Waals surface area contributed by atoms with Gasteiger partial charge in [-0.3, -0.25) is 9.59 Å². The number of amides is 2. The first-order valence-electron chi connectivity index (χ1n) is 10.5. The van der Waals surface area contributed by atoms with Gasteiger partial charge in [0, 0.05) is 45.5 Å². The van der Waals surface area contributed by atoms with Gasteiger partial charge in [-0.2, -0.15) is 0 Å². The Bertz CT molecular complexity index is 894. The maximum atomic E-state index is 12.9. The second-order valence-corrected chi connectivity index (χ2v) is 7.80. The van der Waals surface area contributed by atoms with Crippen molar-refractivity contribution in [1.82, 2.24) is 9.80 Å². The molecule has 0 saturated carbocycles. The fraction of sp³-hybridized carbons (Fsp3) is 0.417. The number of aliphatic hydroxyl groups excluding tert-OH is 1. The second kappa shape index (κ2) is 10.3. The molecule has 1 heterocycles. The lowest BCUT2D eigenvalue weighted by Gasteiger charge is -2.31. The summed E-state index contributed by atoms with van der Waals surface area (Å²) < 4.78 is 11.6. The first kappa shape index (κ1) is 22.6. The first-order chi connectivity index (χ1) is 14.9. The quantitative estimate of drug-likeness (QED) is 0.737. The van der Waals surface area contributed by atoms with Crippen LogP contribution in [0, 0.1) is 0 Å². The van der Waals surface area contributed by atoms with Crippen LogP contribution < -0.4 is 9.47 Å². The van der Waals surface area contributed by atoms with Crippen LogP contribution in [0.4, 0.5) is 0 Å². The maximum absolute atomic E-state index is 12.9. The third kappa shape index (κ3) is 5.76. The first-order valence-corrected chi connectivity index (χ1v) is 10.5. The normalized spacial score (nSPS) is 15.3. The highest BCUT2D eigenvalue weighted by Gasteiger charge is 2.24. The van der Waals surface area contributed by atoms with Gasteiger partial charge < -0.3 is 24.4 Å². The lowest BCUT2D eigenvalue weighted by atomic mass is 10.1. The Morgan fingerprint density at radius 3 is 2.42 bits per heavy atom. The number of hydrogen-bond acceptors (Lipinski definition) is 5. The molecule has 2 amide bonds. The van der Waals surface area contributed by atoms with Gasteiger partial charge >= 0.3 is 0 Å². The van der Waals surface area contributed by atoms with Gasteiger partial charge in [0.1, 0.15) is 6.10 Å². The number of carbonyl (C=O) groups is 2. The van der Waals surface area contributed by atoms with Crippen LogP contribution in [-0.4, -0.2) is 66.6 Å². The molecule has 2 aromatic rings. The number of likely N-dealkylation sites (N-methyl/N-ethyl adjacent to an activating group) is 1. The zero-order chi connectivity index (χ0) is 22.4. The molecule has 166 valence electrons. The van der Waals surface area contributed by atoms with Crippen molar-refractivity contribution >= 4 is 11.8 Å². The Morgan fingerprint density at radius 1 is 1.13 bits per heavy atom. The van der Waals surface area contributed by atoms with Gasteiger partial charge in [-0.15, -0.1) is 0 Å². The summed E-state index contributed by atoms with van der Waals surface area (Å²) >= 11 is 0. The van der Waals surface area contributed by atoms with Crippen molar-refractivity contribution in [3.63, 3.8) is 0 Å². The summed E-state index contributed by atoms with van der Waals surface area (Å²) in [4.78, 5) is 27.8. The molecule has 1 atom stereocenters. The average Bonchev–Trinajstić information content (AvgIpc) is 2.79. The van der Waals surface area contributed by atoms with E-state index in [0.717, 1.165) is 18.4 Å². The van der Waals surface area contributed by atoms with Crippen LogP contribution in [0.3, 0.4) is 0 Å². The maximum Gasteiger partial charge on any atom is 0.253 e. The largest absolute Gasteiger partial charge is 0.493 e. The summed E-state index contributed by atoms with van der Waals surface area (Å²) in [5, 5.41) is 10.4. The minimum atomic E-state index is -0.768. The summed E-state index contributed by atoms with van der Waals surface area (Å²) in [5.74, 6) is 0.919. The molecule has 31 heavy (non-hydrogen) atoms. The summed E-state index contributed by atoms with van der Waals surface area (Å²) in [6, 6.07) is 14.4. The molecule has 1 N–H and O–H groups in total. The topological polar surface area (TPSA) is 79.3 Å². The van der Waals surface area contributed by atoms with Gasteiger partial charge in [0.05, 0.1) is 19.8 Å². The number of methoxy groups -OCH3 is 1. The molecule has 0 bridgehead atoms. The molecule has 0 unspecified atom stereocenters. The summed E-state index contributed by atoms with van der Waals surface area (Å²) in [6.45, 7) is 3.06. The molecule has 1 aliphatic rings. The molecule has 0 aromatic heterocycles. The van der Waals surface area contributed by atoms with E-state index in [0.29, 0.717) is 30.2 Å². The molecule has 1 aliphatic heterocycles. The smallest absolute Gasteiger partial charge is 0.253 e. The SMILES string of the molecule is COc1ccc(C(=O)N(C)C[C@@H](O)c2ccccc2)cc1OC1CCN(C(C)=O)CC1. The van der Waals surface area contributed by atoms with E-state index in [9.17, 15) is 14.7 Å². The number of rotatable bonds is 7. The number of piperidine rings is 1. The van der Waals surface area contributed by atoms with Crippen molar-refractivity contribution < 1.29 is 24.2 Å². The van der Waals surface area contributed by atoms with Gasteiger partial charge in [0.2, 0.25) is 5.91 Å². The predicted molar refractivity (Wildman–Crippen MR) is 117 cm³/mol. The van der Waals surface area contributed by atoms with Crippen molar-refractivity contribution in [3.05, 3.63) is 59.7 Å². The van der Waals surface area contributed by atoms with Gasteiger partial charge in [-0.25, -0.2) is 0 Å². The van der Waals surface area contributed by atoms with Crippen LogP contribution in [0.15, 0.2) is 48.5 Å². The van der Waals surface area contributed by atoms with E-state index in [1.54, 1.807) is 39.3 Å². The molecule has 7 heteroatoms. The van der Waals surface area contributed by atoms with Crippen molar-refractivity contribution in [3.8, 4) is 11.5 Å². The molecular formula is C24H30N2O5. The number of nitrogens with zero attached hydrogens (tertiary/aromatic N) is 2. The summed E-state index contributed by atoms with van der Waals surface area (Å²) in [6.07, 6.45) is 0.636. The van der Waals surface area contributed by atoms with Gasteiger partial charge in [0.15, 0.2) is 11.5 Å². The van der Waals surface area contributed by atoms with Gasteiger partial charge in [-0.1, -0.05) is 30.3 Å². The monoisotopic (exact) mass is 426 g/mol. The van der Waals surface area contributed by atoms with E-state index in [4.69, 9.17) is 9.47 Å². The zero-order valence-corrected chi connectivity index (χ0v) is 18.3. The van der Waals surface area contributed by atoms with Crippen molar-refractivity contribution in [2.75, 3.05) is 33.8 Å². The molecule has 1 fully saturated rings. The fourth-order valence-corrected chi connectivity index (χ4v) is 3.71. The van der Waals surface area contributed by atoms with Crippen molar-refractivity contribution in [2.45, 2.75) is 32.0 Å². The van der Waals surface area contributed by atoms with E-state index < -0.39 is 6.10 Å². The summed E-state index contributed by atoms with van der Waals surface area (Å²) in [5.41, 5.74) is 1.22. The van der Waals surface area contributed by atoms with Crippen LogP contribution in [0.5, 0.6) is 11.5 Å². The van der Waals surface area contributed by atoms with Crippen LogP contribution in [-0.2, 0) is 4.79 Å². The van der Waals surface area contributed by atoms with E-state index >= 15 is 0 Å². The number of aliphatic hydroxyl groups is 1. The van der Waals surface area contributed by atoms with E-state index in [1.807, 2.05) is 35.2 Å². The number of likely N-dealkylation sites (tertiary alicyclic amines) is 1. The molecule has 2 aromatic carbocycles. The highest BCUT2D eigenvalue weighted by molar-refractivity contribution is 5.94. The summed E-state index contributed by atoms with van der Waals surface area (Å²) in [7, 11) is 3.22. The van der Waals surface area contributed by atoms with E-state index in [1.165, 1.54) is 4.90 Å². The highest BCUT2D eigenvalue weighted by atomic mass is 16.5. The Balaban J connectivity index is 1.67. The predicted octanol–water partition coefficient (Wildman–Crippen LogP) is 2.89. The molecular weight excluding hydrogens is 396 g/mol. The van der Waals surface area contributed by atoms with Crippen molar-refractivity contribution in [2.24, 2.45) is 0 Å². The highest BCUT2D eigenvalue weighted by Crippen LogP contribution is 2.31. The zero-order valence-electron chi connectivity index (χ0n) is 18.3. The number of carbonyl (C=O) groups excluding carboxylic acids is 2. The molecule has 7 nitrogen and oxygen atoms in total. The van der Waals surface area contributed by atoms with Crippen LogP contribution in [0.2, 0.25) is 0 Å². The molecule has 0 spiro atoms. The third-order valence-corrected chi connectivity index (χ3v) is 5.57. The van der Waals surface area contributed by atoms with Gasteiger partial charge in [-0.05, 0) is 23.8 Å². The van der Waals surface area contributed by atoms with Crippen LogP contribution in [0.25, 0.3) is 0 Å². The third-order valence-electron chi connectivity index (χ3n) is 5.57. The van der Waals surface area contributed by atoms with Crippen LogP contribution in [0.1, 0.15) is 41.8 Å². The Kier molecular flexibility index (Phi) is 7.52. The average molecular weight is 427 g/mol. The number of benzene rings is 2. The Morgan fingerprint density at radius 2 is 1.81 bits per heavy atom. The molecule has 1 saturated heterocycles. The number of ether oxygens (including phenoxy) is 2. The molecule has 0 aliphatic carbocycles. The van der Waals surface area contributed by atoms with Gasteiger partial charge in [0.25, 0.3) is 5.91 Å². The lowest BCUT2D eigenvalue weighted by molar-refractivity contribution is -0.130.